The van der Waals surface area contributed by atoms with Crippen LogP contribution in [0.2, 0.25) is 0 Å². The molecule has 3 nitrogen and oxygen atoms in total. The maximum absolute atomic E-state index is 5.81. The van der Waals surface area contributed by atoms with E-state index < -0.39 is 0 Å². The van der Waals surface area contributed by atoms with E-state index in [1.165, 1.54) is 0 Å². The zero-order chi connectivity index (χ0) is 10.7. The monoisotopic (exact) mass is 200 g/mol. The van der Waals surface area contributed by atoms with E-state index in [2.05, 4.69) is 32.7 Å². The Morgan fingerprint density at radius 1 is 1.50 bits per heavy atom. The Labute approximate surface area is 87.6 Å². The fourth-order valence-electron chi connectivity index (χ4n) is 2.29. The van der Waals surface area contributed by atoms with Gasteiger partial charge in [0.2, 0.25) is 0 Å². The van der Waals surface area contributed by atoms with Crippen molar-refractivity contribution >= 4 is 0 Å². The molecule has 14 heavy (non-hydrogen) atoms. The molecule has 1 aliphatic heterocycles. The highest BCUT2D eigenvalue weighted by atomic mass is 16.5. The van der Waals surface area contributed by atoms with Gasteiger partial charge in [0, 0.05) is 24.7 Å². The molecule has 1 aliphatic rings. The number of rotatable bonds is 4. The van der Waals surface area contributed by atoms with Gasteiger partial charge in [0.15, 0.2) is 0 Å². The van der Waals surface area contributed by atoms with Gasteiger partial charge < -0.3 is 10.5 Å². The van der Waals surface area contributed by atoms with Crippen LogP contribution in [0, 0.1) is 0 Å². The van der Waals surface area contributed by atoms with Gasteiger partial charge in [0.05, 0.1) is 6.10 Å². The van der Waals surface area contributed by atoms with E-state index in [0.29, 0.717) is 18.2 Å². The highest BCUT2D eigenvalue weighted by Gasteiger charge is 2.30. The average molecular weight is 200 g/mol. The summed E-state index contributed by atoms with van der Waals surface area (Å²) in [5.74, 6) is 0. The molecule has 2 N–H and O–H groups in total. The Bertz CT molecular complexity index is 173. The van der Waals surface area contributed by atoms with Gasteiger partial charge in [-0.1, -0.05) is 0 Å². The van der Waals surface area contributed by atoms with Gasteiger partial charge in [0.1, 0.15) is 0 Å². The lowest BCUT2D eigenvalue weighted by Crippen LogP contribution is -2.44. The first-order chi connectivity index (χ1) is 6.52. The topological polar surface area (TPSA) is 38.5 Å². The van der Waals surface area contributed by atoms with Crippen LogP contribution in [0.15, 0.2) is 0 Å². The van der Waals surface area contributed by atoms with Crippen molar-refractivity contribution in [3.8, 4) is 0 Å². The maximum Gasteiger partial charge on any atom is 0.0703 e. The van der Waals surface area contributed by atoms with E-state index in [-0.39, 0.29) is 6.04 Å². The summed E-state index contributed by atoms with van der Waals surface area (Å²) in [6, 6.07) is 1.40. The molecule has 0 radical (unpaired) electrons. The van der Waals surface area contributed by atoms with Crippen molar-refractivity contribution in [1.82, 2.24) is 4.90 Å². The van der Waals surface area contributed by atoms with Crippen LogP contribution in [0.25, 0.3) is 0 Å². The Morgan fingerprint density at radius 2 is 2.14 bits per heavy atom. The first-order valence-electron chi connectivity index (χ1n) is 5.61. The largest absolute Gasteiger partial charge is 0.377 e. The minimum atomic E-state index is 0.282. The lowest BCUT2D eigenvalue weighted by Gasteiger charge is -2.33. The van der Waals surface area contributed by atoms with Crippen LogP contribution in [-0.4, -0.2) is 42.8 Å². The van der Waals surface area contributed by atoms with Crippen molar-refractivity contribution in [3.05, 3.63) is 0 Å². The molecular formula is C11H24N2O. The summed E-state index contributed by atoms with van der Waals surface area (Å²) in [6.45, 7) is 7.38. The van der Waals surface area contributed by atoms with Crippen molar-refractivity contribution in [2.45, 2.75) is 57.8 Å². The van der Waals surface area contributed by atoms with Crippen LogP contribution in [0.3, 0.4) is 0 Å². The number of nitrogens with zero attached hydrogens (tertiary/aromatic N) is 1. The number of nitrogens with two attached hydrogens (primary N) is 1. The minimum Gasteiger partial charge on any atom is -0.377 e. The van der Waals surface area contributed by atoms with E-state index in [1.54, 1.807) is 0 Å². The molecule has 3 heteroatoms. The first-order valence-corrected chi connectivity index (χ1v) is 5.61. The van der Waals surface area contributed by atoms with Gasteiger partial charge in [0.25, 0.3) is 0 Å². The second kappa shape index (κ2) is 5.10. The third-order valence-corrected chi connectivity index (χ3v) is 3.27. The number of hydrogen-bond donors (Lipinski definition) is 1. The van der Waals surface area contributed by atoms with Crippen LogP contribution in [0.1, 0.15) is 33.6 Å². The molecule has 4 unspecified atom stereocenters. The Hall–Kier alpha value is -0.120. The summed E-state index contributed by atoms with van der Waals surface area (Å²) in [5, 5.41) is 0. The third-order valence-electron chi connectivity index (χ3n) is 3.27. The minimum absolute atomic E-state index is 0.282. The molecule has 1 heterocycles. The van der Waals surface area contributed by atoms with E-state index in [4.69, 9.17) is 10.5 Å². The summed E-state index contributed by atoms with van der Waals surface area (Å²) in [5.41, 5.74) is 5.81. The quantitative estimate of drug-likeness (QED) is 0.741. The molecule has 1 fully saturated rings. The lowest BCUT2D eigenvalue weighted by atomic mass is 10.0. The number of hydrogen-bond acceptors (Lipinski definition) is 3. The number of likely N-dealkylation sites (N-methyl/N-ethyl adjacent to an activating group) is 1. The summed E-state index contributed by atoms with van der Waals surface area (Å²) < 4.78 is 5.57. The van der Waals surface area contributed by atoms with Crippen LogP contribution in [-0.2, 0) is 4.74 Å². The Morgan fingerprint density at radius 3 is 2.57 bits per heavy atom. The Kier molecular flexibility index (Phi) is 4.35. The zero-order valence-corrected chi connectivity index (χ0v) is 9.86. The Balaban J connectivity index is 2.42. The molecule has 84 valence electrons. The fraction of sp³-hybridized carbons (Fsp3) is 1.00. The van der Waals surface area contributed by atoms with Gasteiger partial charge in [-0.2, -0.15) is 0 Å². The van der Waals surface area contributed by atoms with Crippen molar-refractivity contribution in [3.63, 3.8) is 0 Å². The molecule has 0 aliphatic carbocycles. The van der Waals surface area contributed by atoms with Gasteiger partial charge in [-0.25, -0.2) is 0 Å². The average Bonchev–Trinajstić information content (AvgIpc) is 2.48. The standard InChI is InChI=1S/C11H24N2O/c1-8(12)7-9(2)13(4)11-5-6-14-10(11)3/h8-11H,5-7,12H2,1-4H3. The van der Waals surface area contributed by atoms with Crippen LogP contribution in [0.5, 0.6) is 0 Å². The molecule has 0 bridgehead atoms. The molecular weight excluding hydrogens is 176 g/mol. The molecule has 0 spiro atoms. The molecule has 0 saturated carbocycles. The van der Waals surface area contributed by atoms with Crippen molar-refractivity contribution in [2.75, 3.05) is 13.7 Å². The van der Waals surface area contributed by atoms with Gasteiger partial charge >= 0.3 is 0 Å². The molecule has 1 rings (SSSR count). The second-order valence-corrected chi connectivity index (χ2v) is 4.66. The van der Waals surface area contributed by atoms with Crippen LogP contribution >= 0.6 is 0 Å². The fourth-order valence-corrected chi connectivity index (χ4v) is 2.29. The predicted molar refractivity (Wildman–Crippen MR) is 59.3 cm³/mol. The molecule has 4 atom stereocenters. The normalized spacial score (nSPS) is 32.1. The second-order valence-electron chi connectivity index (χ2n) is 4.66. The molecule has 0 aromatic carbocycles. The predicted octanol–water partition coefficient (Wildman–Crippen LogP) is 1.22. The molecule has 1 saturated heterocycles. The van der Waals surface area contributed by atoms with Crippen LogP contribution < -0.4 is 5.73 Å². The molecule has 0 aromatic heterocycles. The highest BCUT2D eigenvalue weighted by molar-refractivity contribution is 4.83. The van der Waals surface area contributed by atoms with E-state index in [9.17, 15) is 0 Å². The summed E-state index contributed by atoms with van der Waals surface area (Å²) in [4.78, 5) is 2.42. The molecule has 0 aromatic rings. The maximum atomic E-state index is 5.81. The van der Waals surface area contributed by atoms with Gasteiger partial charge in [-0.05, 0) is 40.7 Å². The van der Waals surface area contributed by atoms with Crippen molar-refractivity contribution in [1.29, 1.82) is 0 Å². The zero-order valence-electron chi connectivity index (χ0n) is 9.86. The summed E-state index contributed by atoms with van der Waals surface area (Å²) >= 11 is 0. The third kappa shape index (κ3) is 2.94. The van der Waals surface area contributed by atoms with Crippen LogP contribution in [0.4, 0.5) is 0 Å². The molecule has 0 amide bonds. The van der Waals surface area contributed by atoms with Gasteiger partial charge in [-0.3, -0.25) is 4.90 Å². The van der Waals surface area contributed by atoms with E-state index in [0.717, 1.165) is 19.4 Å². The van der Waals surface area contributed by atoms with Crippen molar-refractivity contribution in [2.24, 2.45) is 5.73 Å². The number of ether oxygens (including phenoxy) is 1. The van der Waals surface area contributed by atoms with E-state index in [1.807, 2.05) is 0 Å². The van der Waals surface area contributed by atoms with E-state index >= 15 is 0 Å². The van der Waals surface area contributed by atoms with Gasteiger partial charge in [-0.15, -0.1) is 0 Å². The highest BCUT2D eigenvalue weighted by Crippen LogP contribution is 2.21. The SMILES string of the molecule is CC(N)CC(C)N(C)C1CCOC1C. The smallest absolute Gasteiger partial charge is 0.0703 e. The summed E-state index contributed by atoms with van der Waals surface area (Å²) in [7, 11) is 2.18. The lowest BCUT2D eigenvalue weighted by molar-refractivity contribution is 0.0679. The van der Waals surface area contributed by atoms with Crippen molar-refractivity contribution < 1.29 is 4.74 Å². The first kappa shape index (κ1) is 12.0. The summed E-state index contributed by atoms with van der Waals surface area (Å²) in [6.07, 6.45) is 2.58.